The van der Waals surface area contributed by atoms with Gasteiger partial charge < -0.3 is 5.73 Å². The van der Waals surface area contributed by atoms with E-state index in [4.69, 9.17) is 5.73 Å². The smallest absolute Gasteiger partial charge is 0.180 e. The number of anilines is 1. The van der Waals surface area contributed by atoms with Crippen LogP contribution < -0.4 is 5.73 Å². The van der Waals surface area contributed by atoms with Crippen molar-refractivity contribution in [2.75, 3.05) is 5.73 Å². The number of benzene rings is 1. The van der Waals surface area contributed by atoms with Crippen molar-refractivity contribution in [1.29, 1.82) is 0 Å². The molecular weight excluding hydrogens is 240 g/mol. The number of thiazole rings is 1. The van der Waals surface area contributed by atoms with Gasteiger partial charge in [-0.2, -0.15) is 0 Å². The van der Waals surface area contributed by atoms with Gasteiger partial charge in [0, 0.05) is 10.4 Å². The third-order valence-corrected chi connectivity index (χ3v) is 3.96. The number of hydrogen-bond donors (Lipinski definition) is 1. The minimum Gasteiger partial charge on any atom is -0.375 e. The molecule has 96 valence electrons. The van der Waals surface area contributed by atoms with Crippen LogP contribution in [0, 0.1) is 0 Å². The molecule has 0 unspecified atom stereocenters. The lowest BCUT2D eigenvalue weighted by Crippen LogP contribution is -1.87. The lowest BCUT2D eigenvalue weighted by atomic mass is 10.1. The maximum atomic E-state index is 5.85. The Kier molecular flexibility index (Phi) is 4.76. The van der Waals surface area contributed by atoms with Gasteiger partial charge in [0.25, 0.3) is 0 Å². The maximum absolute atomic E-state index is 5.85. The number of nitrogens with zero attached hydrogens (tertiary/aromatic N) is 1. The van der Waals surface area contributed by atoms with E-state index in [1.165, 1.54) is 36.1 Å². The summed E-state index contributed by atoms with van der Waals surface area (Å²) in [6, 6.07) is 10.3. The molecule has 2 N–H and O–H groups in total. The van der Waals surface area contributed by atoms with Crippen molar-refractivity contribution in [3.63, 3.8) is 0 Å². The second-order valence-corrected chi connectivity index (χ2v) is 5.62. The van der Waals surface area contributed by atoms with Crippen molar-refractivity contribution in [2.45, 2.75) is 39.0 Å². The first-order chi connectivity index (χ1) is 8.81. The third-order valence-electron chi connectivity index (χ3n) is 3.02. The normalized spacial score (nSPS) is 10.7. The zero-order chi connectivity index (χ0) is 12.8. The Morgan fingerprint density at radius 3 is 2.61 bits per heavy atom. The number of nitrogens with two attached hydrogens (primary N) is 1. The fraction of sp³-hybridized carbons (Fsp3) is 0.400. The summed E-state index contributed by atoms with van der Waals surface area (Å²) < 4.78 is 0. The molecule has 0 aliphatic rings. The van der Waals surface area contributed by atoms with Crippen LogP contribution in [0.25, 0.3) is 11.3 Å². The van der Waals surface area contributed by atoms with Gasteiger partial charge in [-0.3, -0.25) is 0 Å². The molecule has 2 aromatic rings. The summed E-state index contributed by atoms with van der Waals surface area (Å²) in [6.07, 6.45) is 6.21. The highest BCUT2D eigenvalue weighted by Gasteiger charge is 2.10. The van der Waals surface area contributed by atoms with E-state index in [1.807, 2.05) is 18.2 Å². The monoisotopic (exact) mass is 260 g/mol. The molecule has 0 atom stereocenters. The molecule has 3 heteroatoms. The van der Waals surface area contributed by atoms with E-state index in [2.05, 4.69) is 24.0 Å². The molecule has 2 rings (SSSR count). The molecule has 0 saturated heterocycles. The first-order valence-corrected chi connectivity index (χ1v) is 7.43. The minimum absolute atomic E-state index is 0.680. The highest BCUT2D eigenvalue weighted by atomic mass is 32.1. The number of rotatable bonds is 6. The number of unbranched alkanes of at least 4 members (excludes halogenated alkanes) is 3. The average molecular weight is 260 g/mol. The van der Waals surface area contributed by atoms with Crippen molar-refractivity contribution >= 4 is 16.5 Å². The average Bonchev–Trinajstić information content (AvgIpc) is 2.77. The summed E-state index contributed by atoms with van der Waals surface area (Å²) in [5.74, 6) is 0. The third kappa shape index (κ3) is 3.33. The van der Waals surface area contributed by atoms with Gasteiger partial charge in [-0.15, -0.1) is 11.3 Å². The summed E-state index contributed by atoms with van der Waals surface area (Å²) in [7, 11) is 0. The van der Waals surface area contributed by atoms with Gasteiger partial charge in [0.1, 0.15) is 0 Å². The summed E-state index contributed by atoms with van der Waals surface area (Å²) in [5.41, 5.74) is 8.11. The van der Waals surface area contributed by atoms with Crippen LogP contribution in [0.2, 0.25) is 0 Å². The molecule has 0 saturated carbocycles. The molecule has 0 amide bonds. The van der Waals surface area contributed by atoms with E-state index in [0.29, 0.717) is 5.13 Å². The lowest BCUT2D eigenvalue weighted by molar-refractivity contribution is 0.670. The molecule has 0 aliphatic heterocycles. The van der Waals surface area contributed by atoms with Crippen LogP contribution in [0.5, 0.6) is 0 Å². The first kappa shape index (κ1) is 13.1. The molecule has 0 aliphatic carbocycles. The Bertz CT molecular complexity index is 476. The zero-order valence-corrected chi connectivity index (χ0v) is 11.7. The molecule has 1 aromatic heterocycles. The van der Waals surface area contributed by atoms with E-state index in [0.717, 1.165) is 12.1 Å². The minimum atomic E-state index is 0.680. The number of hydrogen-bond acceptors (Lipinski definition) is 3. The lowest BCUT2D eigenvalue weighted by Gasteiger charge is -2.02. The summed E-state index contributed by atoms with van der Waals surface area (Å²) >= 11 is 1.63. The van der Waals surface area contributed by atoms with Crippen molar-refractivity contribution in [3.05, 3.63) is 35.2 Å². The summed E-state index contributed by atoms with van der Waals surface area (Å²) in [6.45, 7) is 2.24. The molecule has 0 fully saturated rings. The molecule has 2 nitrogen and oxygen atoms in total. The fourth-order valence-electron chi connectivity index (χ4n) is 2.07. The fourth-order valence-corrected chi connectivity index (χ4v) is 2.97. The second-order valence-electron chi connectivity index (χ2n) is 4.50. The Balaban J connectivity index is 2.11. The maximum Gasteiger partial charge on any atom is 0.180 e. The van der Waals surface area contributed by atoms with E-state index in [-0.39, 0.29) is 0 Å². The topological polar surface area (TPSA) is 38.9 Å². The van der Waals surface area contributed by atoms with Crippen LogP contribution in [-0.2, 0) is 6.42 Å². The Hall–Kier alpha value is -1.35. The van der Waals surface area contributed by atoms with Gasteiger partial charge in [0.2, 0.25) is 0 Å². The van der Waals surface area contributed by atoms with Gasteiger partial charge in [-0.25, -0.2) is 4.98 Å². The van der Waals surface area contributed by atoms with Crippen LogP contribution in [0.4, 0.5) is 5.13 Å². The zero-order valence-electron chi connectivity index (χ0n) is 10.9. The standard InChI is InChI=1S/C15H20N2S/c1-2-3-4-8-11-13-14(17-15(16)18-13)12-9-6-5-7-10-12/h5-7,9-10H,2-4,8,11H2,1H3,(H2,16,17). The van der Waals surface area contributed by atoms with Crippen LogP contribution in [0.15, 0.2) is 30.3 Å². The van der Waals surface area contributed by atoms with Crippen LogP contribution in [0.3, 0.4) is 0 Å². The molecule has 1 aromatic carbocycles. The Morgan fingerprint density at radius 2 is 1.89 bits per heavy atom. The van der Waals surface area contributed by atoms with Crippen LogP contribution >= 0.6 is 11.3 Å². The molecule has 1 heterocycles. The quantitative estimate of drug-likeness (QED) is 0.776. The Labute approximate surface area is 113 Å². The summed E-state index contributed by atoms with van der Waals surface area (Å²) in [4.78, 5) is 5.80. The molecule has 0 bridgehead atoms. The van der Waals surface area contributed by atoms with Gasteiger partial charge in [-0.05, 0) is 12.8 Å². The van der Waals surface area contributed by atoms with E-state index >= 15 is 0 Å². The molecule has 0 spiro atoms. The highest BCUT2D eigenvalue weighted by molar-refractivity contribution is 7.15. The van der Waals surface area contributed by atoms with Crippen molar-refractivity contribution in [3.8, 4) is 11.3 Å². The predicted molar refractivity (Wildman–Crippen MR) is 79.8 cm³/mol. The van der Waals surface area contributed by atoms with E-state index in [9.17, 15) is 0 Å². The Morgan fingerprint density at radius 1 is 1.11 bits per heavy atom. The molecular formula is C15H20N2S. The van der Waals surface area contributed by atoms with Gasteiger partial charge >= 0.3 is 0 Å². The van der Waals surface area contributed by atoms with Crippen molar-refractivity contribution < 1.29 is 0 Å². The molecule has 18 heavy (non-hydrogen) atoms. The largest absolute Gasteiger partial charge is 0.375 e. The van der Waals surface area contributed by atoms with Gasteiger partial charge in [-0.1, -0.05) is 56.5 Å². The molecule has 0 radical (unpaired) electrons. The van der Waals surface area contributed by atoms with E-state index in [1.54, 1.807) is 11.3 Å². The predicted octanol–water partition coefficient (Wildman–Crippen LogP) is 4.52. The van der Waals surface area contributed by atoms with Crippen molar-refractivity contribution in [2.24, 2.45) is 0 Å². The highest BCUT2D eigenvalue weighted by Crippen LogP contribution is 2.30. The van der Waals surface area contributed by atoms with Gasteiger partial charge in [0.05, 0.1) is 5.69 Å². The number of aromatic nitrogens is 1. The van der Waals surface area contributed by atoms with Crippen molar-refractivity contribution in [1.82, 2.24) is 4.98 Å². The number of aryl methyl sites for hydroxylation is 1. The first-order valence-electron chi connectivity index (χ1n) is 6.62. The van der Waals surface area contributed by atoms with E-state index < -0.39 is 0 Å². The summed E-state index contributed by atoms with van der Waals surface area (Å²) in [5, 5.41) is 0.680. The van der Waals surface area contributed by atoms with Crippen LogP contribution in [0.1, 0.15) is 37.5 Å². The van der Waals surface area contributed by atoms with Gasteiger partial charge in [0.15, 0.2) is 5.13 Å². The SMILES string of the molecule is CCCCCCc1sc(N)nc1-c1ccccc1. The second kappa shape index (κ2) is 6.55. The van der Waals surface area contributed by atoms with Crippen LogP contribution in [-0.4, -0.2) is 4.98 Å². The number of nitrogen functional groups attached to an aromatic ring is 1.